The highest BCUT2D eigenvalue weighted by Crippen LogP contribution is 2.41. The number of amidine groups is 1. The largest absolute Gasteiger partial charge is 0.370 e. The molecule has 0 N–H and O–H groups in total. The lowest BCUT2D eigenvalue weighted by Crippen LogP contribution is -2.45. The van der Waals surface area contributed by atoms with Crippen LogP contribution in [0.25, 0.3) is 0 Å². The summed E-state index contributed by atoms with van der Waals surface area (Å²) in [4.78, 5) is 7.56. The third kappa shape index (κ3) is 7.43. The topological polar surface area (TPSA) is 24.8 Å². The van der Waals surface area contributed by atoms with Crippen LogP contribution in [0.2, 0.25) is 0 Å². The molecule has 0 saturated carbocycles. The average molecular weight is 465 g/mol. The minimum atomic E-state index is -0.192. The second-order valence-electron chi connectivity index (χ2n) is 11.0. The van der Waals surface area contributed by atoms with E-state index in [0.29, 0.717) is 5.92 Å². The van der Waals surface area contributed by atoms with Crippen LogP contribution >= 0.6 is 0 Å². The van der Waals surface area contributed by atoms with E-state index in [-0.39, 0.29) is 17.1 Å². The van der Waals surface area contributed by atoms with Crippen molar-refractivity contribution in [2.45, 2.75) is 105 Å². The molecule has 1 fully saturated rings. The van der Waals surface area contributed by atoms with E-state index < -0.39 is 0 Å². The van der Waals surface area contributed by atoms with Gasteiger partial charge in [-0.1, -0.05) is 70.7 Å². The van der Waals surface area contributed by atoms with Crippen LogP contribution in [0.4, 0.5) is 0 Å². The molecule has 34 heavy (non-hydrogen) atoms. The lowest BCUT2D eigenvalue weighted by atomic mass is 9.79. The summed E-state index contributed by atoms with van der Waals surface area (Å²) in [6.07, 6.45) is 11.6. The Morgan fingerprint density at radius 1 is 1.12 bits per heavy atom. The third-order valence-electron chi connectivity index (χ3n) is 6.74. The molecule has 1 heterocycles. The molecule has 1 aromatic rings. The number of likely N-dealkylation sites (N-methyl/N-ethyl adjacent to an activating group) is 1. The molecule has 1 unspecified atom stereocenters. The van der Waals surface area contributed by atoms with Crippen molar-refractivity contribution in [1.29, 1.82) is 0 Å². The molecule has 2 rings (SSSR count). The SMILES string of the molecule is C=C(N=C(c1ccccc1C(C)CC)N(C)C(/C=C\CC)=C/CC)C1CC(C)(C)OC(C)(C)C1. The molecule has 3 nitrogen and oxygen atoms in total. The molecule has 1 aliphatic rings. The number of aliphatic imine (C=N–C) groups is 1. The van der Waals surface area contributed by atoms with Crippen LogP contribution in [-0.4, -0.2) is 29.0 Å². The van der Waals surface area contributed by atoms with E-state index in [4.69, 9.17) is 9.73 Å². The van der Waals surface area contributed by atoms with Crippen LogP contribution in [0.15, 0.2) is 65.5 Å². The first-order valence-electron chi connectivity index (χ1n) is 13.1. The van der Waals surface area contributed by atoms with E-state index in [1.165, 1.54) is 16.8 Å². The summed E-state index contributed by atoms with van der Waals surface area (Å²) in [6.45, 7) is 22.1. The Morgan fingerprint density at radius 3 is 2.29 bits per heavy atom. The number of hydrogen-bond donors (Lipinski definition) is 0. The first-order chi connectivity index (χ1) is 15.9. The normalized spacial score (nSPS) is 19.9. The number of ether oxygens (including phenoxy) is 1. The highest BCUT2D eigenvalue weighted by molar-refractivity contribution is 6.02. The third-order valence-corrected chi connectivity index (χ3v) is 6.74. The summed E-state index contributed by atoms with van der Waals surface area (Å²) in [5, 5.41) is 0. The van der Waals surface area contributed by atoms with E-state index in [1.807, 2.05) is 0 Å². The van der Waals surface area contributed by atoms with Crippen LogP contribution in [-0.2, 0) is 4.74 Å². The molecule has 1 atom stereocenters. The fourth-order valence-electron chi connectivity index (χ4n) is 5.11. The number of benzene rings is 1. The van der Waals surface area contributed by atoms with Gasteiger partial charge in [0.2, 0.25) is 0 Å². The first kappa shape index (κ1) is 28.1. The van der Waals surface area contributed by atoms with Crippen molar-refractivity contribution in [3.05, 3.63) is 71.6 Å². The Bertz CT molecular complexity index is 903. The molecular weight excluding hydrogens is 416 g/mol. The molecule has 1 aliphatic heterocycles. The van der Waals surface area contributed by atoms with Gasteiger partial charge in [0.05, 0.1) is 11.2 Å². The molecule has 0 aromatic heterocycles. The molecule has 1 saturated heterocycles. The van der Waals surface area contributed by atoms with Crippen LogP contribution in [0.5, 0.6) is 0 Å². The minimum absolute atomic E-state index is 0.192. The molecule has 0 amide bonds. The minimum Gasteiger partial charge on any atom is -0.370 e. The summed E-state index contributed by atoms with van der Waals surface area (Å²) >= 11 is 0. The van der Waals surface area contributed by atoms with Gasteiger partial charge in [-0.25, -0.2) is 4.99 Å². The van der Waals surface area contributed by atoms with Crippen LogP contribution in [0.1, 0.15) is 105 Å². The van der Waals surface area contributed by atoms with Gasteiger partial charge in [0.1, 0.15) is 5.84 Å². The Hall–Kier alpha value is -2.13. The van der Waals surface area contributed by atoms with Crippen molar-refractivity contribution in [2.24, 2.45) is 10.9 Å². The van der Waals surface area contributed by atoms with Gasteiger partial charge >= 0.3 is 0 Å². The first-order valence-corrected chi connectivity index (χ1v) is 13.1. The predicted molar refractivity (Wildman–Crippen MR) is 148 cm³/mol. The number of hydrogen-bond acceptors (Lipinski definition) is 2. The number of rotatable bonds is 9. The Balaban J connectivity index is 2.62. The van der Waals surface area contributed by atoms with Crippen LogP contribution in [0, 0.1) is 5.92 Å². The van der Waals surface area contributed by atoms with E-state index in [1.54, 1.807) is 0 Å². The van der Waals surface area contributed by atoms with E-state index >= 15 is 0 Å². The van der Waals surface area contributed by atoms with Crippen molar-refractivity contribution in [1.82, 2.24) is 4.90 Å². The lowest BCUT2D eigenvalue weighted by molar-refractivity contribution is -0.167. The van der Waals surface area contributed by atoms with E-state index in [2.05, 4.69) is 116 Å². The van der Waals surface area contributed by atoms with Gasteiger partial charge in [0, 0.05) is 29.9 Å². The maximum Gasteiger partial charge on any atom is 0.140 e. The standard InChI is InChI=1S/C31H48N2O/c1-11-14-18-26(17-12-2)33(10)29(28-20-16-15-19-27(28)23(4)13-3)32-24(5)25-21-30(6,7)34-31(8,9)22-25/h14-20,23,25H,5,11-13,21-22H2,1-4,6-10H3/b18-14-,26-17+,32-29?. The molecule has 0 radical (unpaired) electrons. The predicted octanol–water partition coefficient (Wildman–Crippen LogP) is 8.64. The van der Waals surface area contributed by atoms with Crippen molar-refractivity contribution >= 4 is 5.84 Å². The Kier molecular flexibility index (Phi) is 9.94. The summed E-state index contributed by atoms with van der Waals surface area (Å²) in [5.74, 6) is 1.71. The van der Waals surface area contributed by atoms with Gasteiger partial charge in [0.25, 0.3) is 0 Å². The molecule has 0 aliphatic carbocycles. The van der Waals surface area contributed by atoms with Gasteiger partial charge < -0.3 is 9.64 Å². The highest BCUT2D eigenvalue weighted by Gasteiger charge is 2.40. The summed E-state index contributed by atoms with van der Waals surface area (Å²) in [5.41, 5.74) is 4.26. The zero-order chi connectivity index (χ0) is 25.5. The molecule has 1 aromatic carbocycles. The van der Waals surface area contributed by atoms with Gasteiger partial charge in [0.15, 0.2) is 0 Å². The van der Waals surface area contributed by atoms with Crippen molar-refractivity contribution in [3.8, 4) is 0 Å². The van der Waals surface area contributed by atoms with Gasteiger partial charge in [-0.05, 0) is 77.4 Å². The lowest BCUT2D eigenvalue weighted by Gasteiger charge is -2.45. The number of nitrogens with zero attached hydrogens (tertiary/aromatic N) is 2. The zero-order valence-corrected chi connectivity index (χ0v) is 23.2. The molecule has 0 bridgehead atoms. The van der Waals surface area contributed by atoms with E-state index in [9.17, 15) is 0 Å². The second kappa shape index (κ2) is 12.0. The van der Waals surface area contributed by atoms with Gasteiger partial charge in [-0.15, -0.1) is 0 Å². The summed E-state index contributed by atoms with van der Waals surface area (Å²) in [7, 11) is 2.14. The van der Waals surface area contributed by atoms with Gasteiger partial charge in [-0.3, -0.25) is 0 Å². The highest BCUT2D eigenvalue weighted by atomic mass is 16.5. The Labute approximate surface area is 209 Å². The van der Waals surface area contributed by atoms with Gasteiger partial charge in [-0.2, -0.15) is 0 Å². The molecular formula is C31H48N2O. The van der Waals surface area contributed by atoms with Crippen LogP contribution in [0.3, 0.4) is 0 Å². The van der Waals surface area contributed by atoms with Crippen molar-refractivity contribution in [3.63, 3.8) is 0 Å². The van der Waals surface area contributed by atoms with Crippen molar-refractivity contribution < 1.29 is 4.74 Å². The fraction of sp³-hybridized carbons (Fsp3) is 0.581. The fourth-order valence-corrected chi connectivity index (χ4v) is 5.11. The molecule has 0 spiro atoms. The van der Waals surface area contributed by atoms with E-state index in [0.717, 1.165) is 43.6 Å². The molecule has 3 heteroatoms. The molecule has 188 valence electrons. The summed E-state index contributed by atoms with van der Waals surface area (Å²) in [6, 6.07) is 8.73. The quantitative estimate of drug-likeness (QED) is 0.207. The smallest absolute Gasteiger partial charge is 0.140 e. The maximum absolute atomic E-state index is 6.34. The van der Waals surface area contributed by atoms with Crippen molar-refractivity contribution in [2.75, 3.05) is 7.05 Å². The zero-order valence-electron chi connectivity index (χ0n) is 23.2. The van der Waals surface area contributed by atoms with Crippen LogP contribution < -0.4 is 0 Å². The maximum atomic E-state index is 6.34. The monoisotopic (exact) mass is 464 g/mol. The second-order valence-corrected chi connectivity index (χ2v) is 11.0. The average Bonchev–Trinajstić information content (AvgIpc) is 2.77. The summed E-state index contributed by atoms with van der Waals surface area (Å²) < 4.78 is 6.34. The number of allylic oxidation sites excluding steroid dienone is 4. The Morgan fingerprint density at radius 2 is 1.74 bits per heavy atom.